The zero-order valence-corrected chi connectivity index (χ0v) is 9.87. The van der Waals surface area contributed by atoms with Crippen LogP contribution in [0.5, 0.6) is 0 Å². The molecule has 0 aliphatic carbocycles. The molecule has 0 atom stereocenters. The molecule has 0 spiro atoms. The van der Waals surface area contributed by atoms with E-state index in [1.165, 1.54) is 5.56 Å². The number of thioether (sulfide) groups is 1. The molecule has 3 heteroatoms. The molecular weight excluding hydrogens is 192 g/mol. The minimum atomic E-state index is 0.856. The van der Waals surface area contributed by atoms with Gasteiger partial charge in [0.25, 0.3) is 0 Å². The first-order valence-electron chi connectivity index (χ1n) is 4.89. The van der Waals surface area contributed by atoms with E-state index in [0.29, 0.717) is 0 Å². The molecule has 78 valence electrons. The normalized spacial score (nSPS) is 10.5. The van der Waals surface area contributed by atoms with E-state index < -0.39 is 0 Å². The van der Waals surface area contributed by atoms with Crippen molar-refractivity contribution in [1.29, 1.82) is 0 Å². The van der Waals surface area contributed by atoms with Crippen LogP contribution in [0.2, 0.25) is 0 Å². The van der Waals surface area contributed by atoms with Crippen LogP contribution in [0.25, 0.3) is 0 Å². The number of aryl methyl sites for hydroxylation is 1. The zero-order valence-electron chi connectivity index (χ0n) is 9.05. The van der Waals surface area contributed by atoms with Crippen LogP contribution >= 0.6 is 11.8 Å². The standard InChI is InChI=1S/C11H18N2S/c1-4-7-6-9(14-3)11(13)8(5-2)10(7)12/h6H,4-5,12-13H2,1-3H3. The molecule has 0 aliphatic rings. The van der Waals surface area contributed by atoms with Gasteiger partial charge < -0.3 is 11.5 Å². The largest absolute Gasteiger partial charge is 0.398 e. The van der Waals surface area contributed by atoms with Gasteiger partial charge in [0.2, 0.25) is 0 Å². The highest BCUT2D eigenvalue weighted by Crippen LogP contribution is 2.33. The number of anilines is 2. The lowest BCUT2D eigenvalue weighted by molar-refractivity contribution is 1.08. The van der Waals surface area contributed by atoms with Gasteiger partial charge in [-0.2, -0.15) is 0 Å². The van der Waals surface area contributed by atoms with Gasteiger partial charge in [0.05, 0.1) is 5.69 Å². The lowest BCUT2D eigenvalue weighted by Crippen LogP contribution is -2.04. The van der Waals surface area contributed by atoms with Crippen molar-refractivity contribution >= 4 is 23.1 Å². The second-order valence-electron chi connectivity index (χ2n) is 3.25. The monoisotopic (exact) mass is 210 g/mol. The van der Waals surface area contributed by atoms with Crippen molar-refractivity contribution < 1.29 is 0 Å². The summed E-state index contributed by atoms with van der Waals surface area (Å²) in [5, 5.41) is 0. The van der Waals surface area contributed by atoms with Crippen LogP contribution in [-0.2, 0) is 12.8 Å². The van der Waals surface area contributed by atoms with Crippen LogP contribution in [0.3, 0.4) is 0 Å². The summed E-state index contributed by atoms with van der Waals surface area (Å²) in [7, 11) is 0. The summed E-state index contributed by atoms with van der Waals surface area (Å²) < 4.78 is 0. The first-order valence-corrected chi connectivity index (χ1v) is 6.11. The Morgan fingerprint density at radius 3 is 2.21 bits per heavy atom. The Kier molecular flexibility index (Phi) is 3.69. The van der Waals surface area contributed by atoms with Crippen molar-refractivity contribution in [3.05, 3.63) is 17.2 Å². The Bertz CT molecular complexity index is 306. The molecule has 0 aromatic heterocycles. The quantitative estimate of drug-likeness (QED) is 0.595. The van der Waals surface area contributed by atoms with Crippen molar-refractivity contribution in [3.8, 4) is 0 Å². The van der Waals surface area contributed by atoms with Gasteiger partial charge in [0.1, 0.15) is 0 Å². The summed E-state index contributed by atoms with van der Waals surface area (Å²) in [4.78, 5) is 1.15. The third kappa shape index (κ3) is 1.82. The number of hydrogen-bond donors (Lipinski definition) is 2. The van der Waals surface area contributed by atoms with E-state index in [-0.39, 0.29) is 0 Å². The minimum absolute atomic E-state index is 0.856. The summed E-state index contributed by atoms with van der Waals surface area (Å²) in [6.07, 6.45) is 3.91. The molecule has 0 bridgehead atoms. The van der Waals surface area contributed by atoms with E-state index in [1.54, 1.807) is 11.8 Å². The molecule has 0 radical (unpaired) electrons. The van der Waals surface area contributed by atoms with E-state index in [0.717, 1.165) is 34.7 Å². The first kappa shape index (κ1) is 11.2. The van der Waals surface area contributed by atoms with E-state index in [2.05, 4.69) is 19.9 Å². The Labute approximate surface area is 90.1 Å². The second-order valence-corrected chi connectivity index (χ2v) is 4.10. The predicted molar refractivity (Wildman–Crippen MR) is 65.8 cm³/mol. The van der Waals surface area contributed by atoms with Crippen LogP contribution in [0.15, 0.2) is 11.0 Å². The van der Waals surface area contributed by atoms with Gasteiger partial charge in [0.15, 0.2) is 0 Å². The Balaban J connectivity index is 3.39. The molecule has 0 saturated heterocycles. The molecule has 2 nitrogen and oxygen atoms in total. The van der Waals surface area contributed by atoms with Crippen molar-refractivity contribution in [2.24, 2.45) is 0 Å². The summed E-state index contributed by atoms with van der Waals surface area (Å²) in [5.41, 5.74) is 16.1. The van der Waals surface area contributed by atoms with Gasteiger partial charge >= 0.3 is 0 Å². The molecule has 0 aliphatic heterocycles. The van der Waals surface area contributed by atoms with Gasteiger partial charge in [-0.3, -0.25) is 0 Å². The number of nitrogens with two attached hydrogens (primary N) is 2. The molecule has 1 rings (SSSR count). The fraction of sp³-hybridized carbons (Fsp3) is 0.455. The van der Waals surface area contributed by atoms with Crippen LogP contribution in [0.4, 0.5) is 11.4 Å². The Hall–Kier alpha value is -0.830. The van der Waals surface area contributed by atoms with Crippen LogP contribution < -0.4 is 11.5 Å². The molecule has 1 aromatic rings. The second kappa shape index (κ2) is 4.60. The third-order valence-electron chi connectivity index (χ3n) is 2.52. The molecule has 4 N–H and O–H groups in total. The van der Waals surface area contributed by atoms with Crippen LogP contribution in [-0.4, -0.2) is 6.26 Å². The maximum Gasteiger partial charge on any atom is 0.0505 e. The highest BCUT2D eigenvalue weighted by atomic mass is 32.2. The fourth-order valence-corrected chi connectivity index (χ4v) is 2.25. The SMILES string of the molecule is CCc1cc(SC)c(N)c(CC)c1N. The predicted octanol–water partition coefficient (Wildman–Crippen LogP) is 2.70. The molecule has 14 heavy (non-hydrogen) atoms. The van der Waals surface area contributed by atoms with Crippen molar-refractivity contribution in [3.63, 3.8) is 0 Å². The maximum atomic E-state index is 6.04. The molecule has 0 saturated carbocycles. The molecule has 0 amide bonds. The number of rotatable bonds is 3. The summed E-state index contributed by atoms with van der Waals surface area (Å²) in [6.45, 7) is 4.21. The van der Waals surface area contributed by atoms with Gasteiger partial charge in [-0.1, -0.05) is 13.8 Å². The molecular formula is C11H18N2S. The first-order chi connectivity index (χ1) is 6.65. The van der Waals surface area contributed by atoms with Gasteiger partial charge in [-0.15, -0.1) is 11.8 Å². The third-order valence-corrected chi connectivity index (χ3v) is 3.30. The topological polar surface area (TPSA) is 52.0 Å². The number of benzene rings is 1. The highest BCUT2D eigenvalue weighted by Gasteiger charge is 2.10. The number of nitrogen functional groups attached to an aromatic ring is 2. The minimum Gasteiger partial charge on any atom is -0.398 e. The summed E-state index contributed by atoms with van der Waals surface area (Å²) in [6, 6.07) is 2.11. The lowest BCUT2D eigenvalue weighted by Gasteiger charge is -2.14. The fourth-order valence-electron chi connectivity index (χ4n) is 1.64. The summed E-state index contributed by atoms with van der Waals surface area (Å²) in [5.74, 6) is 0. The smallest absolute Gasteiger partial charge is 0.0505 e. The molecule has 0 heterocycles. The zero-order chi connectivity index (χ0) is 10.7. The molecule has 0 fully saturated rings. The van der Waals surface area contributed by atoms with Crippen LogP contribution in [0.1, 0.15) is 25.0 Å². The Morgan fingerprint density at radius 1 is 1.14 bits per heavy atom. The van der Waals surface area contributed by atoms with E-state index in [4.69, 9.17) is 11.5 Å². The average molecular weight is 210 g/mol. The highest BCUT2D eigenvalue weighted by molar-refractivity contribution is 7.98. The van der Waals surface area contributed by atoms with Gasteiger partial charge in [0, 0.05) is 10.6 Å². The molecule has 1 aromatic carbocycles. The lowest BCUT2D eigenvalue weighted by atomic mass is 10.0. The van der Waals surface area contributed by atoms with Crippen LogP contribution in [0, 0.1) is 0 Å². The molecule has 0 unspecified atom stereocenters. The van der Waals surface area contributed by atoms with Gasteiger partial charge in [-0.25, -0.2) is 0 Å². The number of hydrogen-bond acceptors (Lipinski definition) is 3. The van der Waals surface area contributed by atoms with E-state index in [9.17, 15) is 0 Å². The van der Waals surface area contributed by atoms with Crippen molar-refractivity contribution in [2.45, 2.75) is 31.6 Å². The maximum absolute atomic E-state index is 6.04. The average Bonchev–Trinajstić information content (AvgIpc) is 2.19. The van der Waals surface area contributed by atoms with E-state index >= 15 is 0 Å². The summed E-state index contributed by atoms with van der Waals surface area (Å²) >= 11 is 1.68. The van der Waals surface area contributed by atoms with Gasteiger partial charge in [-0.05, 0) is 36.3 Å². The van der Waals surface area contributed by atoms with Crippen molar-refractivity contribution in [2.75, 3.05) is 17.7 Å². The van der Waals surface area contributed by atoms with Crippen molar-refractivity contribution in [1.82, 2.24) is 0 Å². The van der Waals surface area contributed by atoms with E-state index in [1.807, 2.05) is 6.26 Å². The Morgan fingerprint density at radius 2 is 1.79 bits per heavy atom.